The van der Waals surface area contributed by atoms with Crippen molar-refractivity contribution in [2.24, 2.45) is 0 Å². The predicted molar refractivity (Wildman–Crippen MR) is 43.0 cm³/mol. The molecule has 0 aliphatic rings. The molecular formula is C6H3Cl2N3. The maximum Gasteiger partial charge on any atom is 0.148 e. The number of fused-ring (bicyclic) bond motifs is 1. The zero-order valence-corrected chi connectivity index (χ0v) is 6.84. The van der Waals surface area contributed by atoms with E-state index in [9.17, 15) is 0 Å². The number of hydrogen-bond acceptors (Lipinski definition) is 2. The second-order valence-electron chi connectivity index (χ2n) is 2.04. The maximum absolute atomic E-state index is 5.63. The zero-order valence-electron chi connectivity index (χ0n) is 5.33. The molecule has 5 heteroatoms. The van der Waals surface area contributed by atoms with Crippen LogP contribution in [0, 0.1) is 0 Å². The van der Waals surface area contributed by atoms with Gasteiger partial charge in [-0.1, -0.05) is 23.2 Å². The fourth-order valence-electron chi connectivity index (χ4n) is 0.837. The number of imidazole rings is 1. The van der Waals surface area contributed by atoms with Crippen molar-refractivity contribution < 1.29 is 0 Å². The Morgan fingerprint density at radius 1 is 1.27 bits per heavy atom. The van der Waals surface area contributed by atoms with Crippen molar-refractivity contribution in [3.63, 3.8) is 0 Å². The SMILES string of the molecule is Clc1cc2nc(Cl)cn2cn1. The first-order valence-corrected chi connectivity index (χ1v) is 3.67. The molecular weight excluding hydrogens is 185 g/mol. The highest BCUT2D eigenvalue weighted by Gasteiger charge is 1.98. The molecule has 56 valence electrons. The van der Waals surface area contributed by atoms with Gasteiger partial charge in [-0.25, -0.2) is 9.97 Å². The van der Waals surface area contributed by atoms with Gasteiger partial charge in [-0.3, -0.25) is 4.40 Å². The van der Waals surface area contributed by atoms with Crippen LogP contribution in [0.3, 0.4) is 0 Å². The van der Waals surface area contributed by atoms with Gasteiger partial charge in [0.25, 0.3) is 0 Å². The van der Waals surface area contributed by atoms with E-state index in [0.29, 0.717) is 16.0 Å². The van der Waals surface area contributed by atoms with Crippen LogP contribution in [0.2, 0.25) is 10.3 Å². The van der Waals surface area contributed by atoms with E-state index < -0.39 is 0 Å². The van der Waals surface area contributed by atoms with E-state index in [2.05, 4.69) is 9.97 Å². The minimum Gasteiger partial charge on any atom is -0.289 e. The molecule has 3 nitrogen and oxygen atoms in total. The van der Waals surface area contributed by atoms with Crippen LogP contribution in [0.25, 0.3) is 5.65 Å². The number of aromatic nitrogens is 3. The van der Waals surface area contributed by atoms with Crippen molar-refractivity contribution in [1.82, 2.24) is 14.4 Å². The summed E-state index contributed by atoms with van der Waals surface area (Å²) < 4.78 is 1.70. The molecule has 0 bridgehead atoms. The van der Waals surface area contributed by atoms with Gasteiger partial charge < -0.3 is 0 Å². The Balaban J connectivity index is 2.82. The summed E-state index contributed by atoms with van der Waals surface area (Å²) in [5, 5.41) is 0.855. The van der Waals surface area contributed by atoms with Gasteiger partial charge in [-0.2, -0.15) is 0 Å². The Morgan fingerprint density at radius 2 is 2.09 bits per heavy atom. The molecule has 11 heavy (non-hydrogen) atoms. The fraction of sp³-hybridized carbons (Fsp3) is 0. The predicted octanol–water partition coefficient (Wildman–Crippen LogP) is 2.04. The van der Waals surface area contributed by atoms with E-state index in [1.165, 1.54) is 0 Å². The molecule has 2 aromatic heterocycles. The number of nitrogens with zero attached hydrogens (tertiary/aromatic N) is 3. The van der Waals surface area contributed by atoms with Gasteiger partial charge in [0.1, 0.15) is 22.3 Å². The van der Waals surface area contributed by atoms with Crippen LogP contribution < -0.4 is 0 Å². The molecule has 0 fully saturated rings. The lowest BCUT2D eigenvalue weighted by atomic mass is 10.6. The van der Waals surface area contributed by atoms with Gasteiger partial charge in [-0.05, 0) is 0 Å². The molecule has 0 atom stereocenters. The molecule has 0 aliphatic heterocycles. The van der Waals surface area contributed by atoms with E-state index in [1.54, 1.807) is 23.0 Å². The van der Waals surface area contributed by atoms with E-state index in [0.717, 1.165) is 0 Å². The average Bonchev–Trinajstić information content (AvgIpc) is 2.27. The number of hydrogen-bond donors (Lipinski definition) is 0. The summed E-state index contributed by atoms with van der Waals surface area (Å²) in [5.41, 5.74) is 0.704. The van der Waals surface area contributed by atoms with Crippen molar-refractivity contribution in [3.05, 3.63) is 28.9 Å². The van der Waals surface area contributed by atoms with Crippen LogP contribution in [-0.4, -0.2) is 14.4 Å². The highest BCUT2D eigenvalue weighted by Crippen LogP contribution is 2.11. The Bertz CT molecular complexity index is 396. The lowest BCUT2D eigenvalue weighted by Crippen LogP contribution is -1.84. The largest absolute Gasteiger partial charge is 0.289 e. The standard InChI is InChI=1S/C6H3Cl2N3/c7-4-1-6-10-5(8)2-11(6)3-9-4/h1-3H. The Kier molecular flexibility index (Phi) is 1.47. The Morgan fingerprint density at radius 3 is 2.91 bits per heavy atom. The minimum atomic E-state index is 0.416. The van der Waals surface area contributed by atoms with Crippen molar-refractivity contribution in [2.75, 3.05) is 0 Å². The fourth-order valence-corrected chi connectivity index (χ4v) is 1.17. The van der Waals surface area contributed by atoms with Crippen LogP contribution in [0.5, 0.6) is 0 Å². The highest BCUT2D eigenvalue weighted by atomic mass is 35.5. The van der Waals surface area contributed by atoms with Crippen LogP contribution in [0.1, 0.15) is 0 Å². The second-order valence-corrected chi connectivity index (χ2v) is 2.82. The highest BCUT2D eigenvalue weighted by molar-refractivity contribution is 6.30. The second kappa shape index (κ2) is 2.36. The number of halogens is 2. The molecule has 0 aromatic carbocycles. The third-order valence-corrected chi connectivity index (χ3v) is 1.67. The molecule has 0 saturated heterocycles. The summed E-state index contributed by atoms with van der Waals surface area (Å²) in [6, 6.07) is 1.65. The molecule has 0 saturated carbocycles. The van der Waals surface area contributed by atoms with E-state index in [-0.39, 0.29) is 0 Å². The van der Waals surface area contributed by atoms with Gasteiger partial charge in [0.05, 0.1) is 0 Å². The van der Waals surface area contributed by atoms with Crippen molar-refractivity contribution in [3.8, 4) is 0 Å². The lowest BCUT2D eigenvalue weighted by molar-refractivity contribution is 1.09. The first kappa shape index (κ1) is 6.88. The van der Waals surface area contributed by atoms with Crippen LogP contribution in [0.4, 0.5) is 0 Å². The van der Waals surface area contributed by atoms with Crippen molar-refractivity contribution >= 4 is 28.8 Å². The molecule has 2 rings (SSSR count). The van der Waals surface area contributed by atoms with E-state index in [1.807, 2.05) is 0 Å². The maximum atomic E-state index is 5.63. The Hall–Kier alpha value is -0.800. The summed E-state index contributed by atoms with van der Waals surface area (Å²) in [6.07, 6.45) is 3.23. The van der Waals surface area contributed by atoms with Crippen LogP contribution >= 0.6 is 23.2 Å². The van der Waals surface area contributed by atoms with Gasteiger partial charge in [0, 0.05) is 12.3 Å². The molecule has 0 spiro atoms. The van der Waals surface area contributed by atoms with E-state index in [4.69, 9.17) is 23.2 Å². The lowest BCUT2D eigenvalue weighted by Gasteiger charge is -1.89. The molecule has 0 radical (unpaired) electrons. The first-order valence-electron chi connectivity index (χ1n) is 2.91. The summed E-state index contributed by atoms with van der Waals surface area (Å²) >= 11 is 11.3. The molecule has 0 aliphatic carbocycles. The monoisotopic (exact) mass is 187 g/mol. The van der Waals surface area contributed by atoms with Crippen LogP contribution in [0.15, 0.2) is 18.6 Å². The molecule has 0 N–H and O–H groups in total. The zero-order chi connectivity index (χ0) is 7.84. The van der Waals surface area contributed by atoms with Crippen LogP contribution in [-0.2, 0) is 0 Å². The molecule has 2 aromatic rings. The summed E-state index contributed by atoms with van der Waals surface area (Å²) in [7, 11) is 0. The van der Waals surface area contributed by atoms with Crippen molar-refractivity contribution in [2.45, 2.75) is 0 Å². The smallest absolute Gasteiger partial charge is 0.148 e. The molecule has 0 unspecified atom stereocenters. The first-order chi connectivity index (χ1) is 5.25. The normalized spacial score (nSPS) is 10.7. The van der Waals surface area contributed by atoms with Gasteiger partial charge in [0.2, 0.25) is 0 Å². The van der Waals surface area contributed by atoms with Gasteiger partial charge >= 0.3 is 0 Å². The average molecular weight is 188 g/mol. The summed E-state index contributed by atoms with van der Waals surface area (Å²) in [5.74, 6) is 0. The Labute approximate surface area is 72.6 Å². The summed E-state index contributed by atoms with van der Waals surface area (Å²) in [6.45, 7) is 0. The molecule has 2 heterocycles. The third-order valence-electron chi connectivity index (χ3n) is 1.29. The number of rotatable bonds is 0. The van der Waals surface area contributed by atoms with Crippen molar-refractivity contribution in [1.29, 1.82) is 0 Å². The minimum absolute atomic E-state index is 0.416. The topological polar surface area (TPSA) is 30.2 Å². The van der Waals surface area contributed by atoms with E-state index >= 15 is 0 Å². The third kappa shape index (κ3) is 1.17. The van der Waals surface area contributed by atoms with Gasteiger partial charge in [0.15, 0.2) is 0 Å². The van der Waals surface area contributed by atoms with Gasteiger partial charge in [-0.15, -0.1) is 0 Å². The quantitative estimate of drug-likeness (QED) is 0.592. The molecule has 0 amide bonds. The summed E-state index contributed by atoms with van der Waals surface area (Å²) in [4.78, 5) is 7.83.